The second kappa shape index (κ2) is 8.84. The number of amides is 2. The maximum Gasteiger partial charge on any atom is 0.326 e. The first kappa shape index (κ1) is 18.5. The molecule has 0 saturated heterocycles. The van der Waals surface area contributed by atoms with Gasteiger partial charge in [0, 0.05) is 18.9 Å². The number of aryl methyl sites for hydroxylation is 1. The number of carbonyl (C=O) groups excluding carboxylic acids is 1. The van der Waals surface area contributed by atoms with Crippen LogP contribution in [0.3, 0.4) is 0 Å². The number of rotatable bonds is 7. The third kappa shape index (κ3) is 4.80. The van der Waals surface area contributed by atoms with Gasteiger partial charge in [-0.05, 0) is 19.1 Å². The van der Waals surface area contributed by atoms with Crippen LogP contribution in [-0.2, 0) is 4.74 Å². The fourth-order valence-electron chi connectivity index (χ4n) is 2.17. The number of aromatic nitrogens is 2. The third-order valence-electron chi connectivity index (χ3n) is 3.48. The van der Waals surface area contributed by atoms with E-state index in [0.717, 1.165) is 0 Å². The second-order valence-corrected chi connectivity index (χ2v) is 5.13. The molecule has 1 N–H and O–H groups in total. The van der Waals surface area contributed by atoms with Crippen molar-refractivity contribution in [3.8, 4) is 11.5 Å². The topological polar surface area (TPSA) is 85.8 Å². The van der Waals surface area contributed by atoms with E-state index < -0.39 is 0 Å². The normalized spacial score (nSPS) is 10.2. The van der Waals surface area contributed by atoms with E-state index >= 15 is 0 Å². The lowest BCUT2D eigenvalue weighted by Gasteiger charge is -2.23. The molecule has 2 aromatic rings. The first-order valence-corrected chi connectivity index (χ1v) is 7.67. The number of carbonyl (C=O) groups is 1. The van der Waals surface area contributed by atoms with Crippen molar-refractivity contribution in [3.63, 3.8) is 0 Å². The van der Waals surface area contributed by atoms with Crippen LogP contribution in [0.5, 0.6) is 11.5 Å². The Balaban J connectivity index is 2.25. The van der Waals surface area contributed by atoms with E-state index in [1.54, 1.807) is 63.7 Å². The average molecular weight is 346 g/mol. The number of nitrogens with one attached hydrogen (secondary N) is 1. The van der Waals surface area contributed by atoms with Gasteiger partial charge in [0.05, 0.1) is 45.5 Å². The molecule has 1 aromatic heterocycles. The highest BCUT2D eigenvalue weighted by Crippen LogP contribution is 2.31. The van der Waals surface area contributed by atoms with Crippen molar-refractivity contribution >= 4 is 17.4 Å². The van der Waals surface area contributed by atoms with Crippen LogP contribution in [-0.4, -0.2) is 50.5 Å². The summed E-state index contributed by atoms with van der Waals surface area (Å²) in [7, 11) is 4.69. The van der Waals surface area contributed by atoms with Gasteiger partial charge in [0.2, 0.25) is 0 Å². The zero-order valence-electron chi connectivity index (χ0n) is 14.8. The summed E-state index contributed by atoms with van der Waals surface area (Å²) in [6, 6.07) is 4.94. The van der Waals surface area contributed by atoms with E-state index in [1.165, 1.54) is 0 Å². The number of hydrogen-bond donors (Lipinski definition) is 1. The van der Waals surface area contributed by atoms with E-state index in [2.05, 4.69) is 15.3 Å². The van der Waals surface area contributed by atoms with Crippen molar-refractivity contribution in [1.29, 1.82) is 0 Å². The Kier molecular flexibility index (Phi) is 6.53. The van der Waals surface area contributed by atoms with Crippen LogP contribution in [0, 0.1) is 6.92 Å². The Labute approximate surface area is 146 Å². The Morgan fingerprint density at radius 2 is 1.80 bits per heavy atom. The van der Waals surface area contributed by atoms with Gasteiger partial charge in [-0.1, -0.05) is 0 Å². The molecule has 2 amide bonds. The minimum absolute atomic E-state index is 0.322. The van der Waals surface area contributed by atoms with Crippen LogP contribution in [0.4, 0.5) is 16.2 Å². The molecule has 0 unspecified atom stereocenters. The predicted octanol–water partition coefficient (Wildman–Crippen LogP) is 2.49. The number of ether oxygens (including phenoxy) is 3. The molecular formula is C17H22N4O4. The van der Waals surface area contributed by atoms with Crippen molar-refractivity contribution in [2.45, 2.75) is 6.92 Å². The lowest BCUT2D eigenvalue weighted by atomic mass is 10.2. The molecule has 25 heavy (non-hydrogen) atoms. The van der Waals surface area contributed by atoms with Gasteiger partial charge in [0.25, 0.3) is 0 Å². The highest BCUT2D eigenvalue weighted by molar-refractivity contribution is 6.01. The van der Waals surface area contributed by atoms with E-state index in [0.29, 0.717) is 41.8 Å². The molecular weight excluding hydrogens is 324 g/mol. The summed E-state index contributed by atoms with van der Waals surface area (Å²) in [6.45, 7) is 2.52. The van der Waals surface area contributed by atoms with Gasteiger partial charge in [0.1, 0.15) is 5.82 Å². The summed E-state index contributed by atoms with van der Waals surface area (Å²) in [5.74, 6) is 1.76. The standard InChI is InChI=1S/C17H22N4O4/c1-12-18-10-13(11-19-12)20-17(22)21(7-8-23-2)14-5-6-15(24-3)16(9-14)25-4/h5-6,9-11H,7-8H2,1-4H3,(H,20,22). The molecule has 2 rings (SSSR count). The van der Waals surface area contributed by atoms with Gasteiger partial charge in [0.15, 0.2) is 11.5 Å². The Hall–Kier alpha value is -2.87. The molecule has 0 aliphatic heterocycles. The van der Waals surface area contributed by atoms with E-state index in [4.69, 9.17) is 14.2 Å². The van der Waals surface area contributed by atoms with Crippen LogP contribution in [0.25, 0.3) is 0 Å². The number of nitrogens with zero attached hydrogens (tertiary/aromatic N) is 3. The van der Waals surface area contributed by atoms with Crippen LogP contribution in [0.2, 0.25) is 0 Å². The summed E-state index contributed by atoms with van der Waals surface area (Å²) >= 11 is 0. The van der Waals surface area contributed by atoms with Crippen molar-refractivity contribution in [2.24, 2.45) is 0 Å². The number of urea groups is 1. The fourth-order valence-corrected chi connectivity index (χ4v) is 2.17. The minimum atomic E-state index is -0.322. The summed E-state index contributed by atoms with van der Waals surface area (Å²) in [6.07, 6.45) is 3.12. The Morgan fingerprint density at radius 3 is 2.40 bits per heavy atom. The number of benzene rings is 1. The zero-order valence-corrected chi connectivity index (χ0v) is 14.8. The molecule has 0 saturated carbocycles. The first-order valence-electron chi connectivity index (χ1n) is 7.67. The smallest absolute Gasteiger partial charge is 0.326 e. The van der Waals surface area contributed by atoms with Crippen molar-refractivity contribution in [2.75, 3.05) is 44.7 Å². The summed E-state index contributed by atoms with van der Waals surface area (Å²) in [4.78, 5) is 22.4. The first-order chi connectivity index (χ1) is 12.1. The monoisotopic (exact) mass is 346 g/mol. The summed E-state index contributed by atoms with van der Waals surface area (Å²) in [5, 5.41) is 2.78. The van der Waals surface area contributed by atoms with Crippen LogP contribution < -0.4 is 19.7 Å². The van der Waals surface area contributed by atoms with Gasteiger partial charge >= 0.3 is 6.03 Å². The zero-order chi connectivity index (χ0) is 18.2. The summed E-state index contributed by atoms with van der Waals surface area (Å²) < 4.78 is 15.7. The van der Waals surface area contributed by atoms with Crippen LogP contribution >= 0.6 is 0 Å². The Morgan fingerprint density at radius 1 is 1.12 bits per heavy atom. The lowest BCUT2D eigenvalue weighted by molar-refractivity contribution is 0.204. The Bertz CT molecular complexity index is 706. The largest absolute Gasteiger partial charge is 0.493 e. The minimum Gasteiger partial charge on any atom is -0.493 e. The van der Waals surface area contributed by atoms with Crippen LogP contribution in [0.1, 0.15) is 5.82 Å². The lowest BCUT2D eigenvalue weighted by Crippen LogP contribution is -2.37. The highest BCUT2D eigenvalue weighted by atomic mass is 16.5. The van der Waals surface area contributed by atoms with Crippen molar-refractivity contribution < 1.29 is 19.0 Å². The van der Waals surface area contributed by atoms with Crippen molar-refractivity contribution in [1.82, 2.24) is 9.97 Å². The molecule has 0 spiro atoms. The molecule has 8 heteroatoms. The average Bonchev–Trinajstić information content (AvgIpc) is 2.63. The SMILES string of the molecule is COCCN(C(=O)Nc1cnc(C)nc1)c1ccc(OC)c(OC)c1. The second-order valence-electron chi connectivity index (χ2n) is 5.13. The molecule has 1 aromatic carbocycles. The van der Waals surface area contributed by atoms with E-state index in [9.17, 15) is 4.79 Å². The molecule has 134 valence electrons. The number of methoxy groups -OCH3 is 3. The third-order valence-corrected chi connectivity index (χ3v) is 3.48. The highest BCUT2D eigenvalue weighted by Gasteiger charge is 2.18. The maximum absolute atomic E-state index is 12.7. The molecule has 0 fully saturated rings. The van der Waals surface area contributed by atoms with E-state index in [1.807, 2.05) is 0 Å². The van der Waals surface area contributed by atoms with Gasteiger partial charge < -0.3 is 19.5 Å². The molecule has 0 bridgehead atoms. The number of anilines is 2. The molecule has 8 nitrogen and oxygen atoms in total. The van der Waals surface area contributed by atoms with Crippen LogP contribution in [0.15, 0.2) is 30.6 Å². The quantitative estimate of drug-likeness (QED) is 0.829. The molecule has 1 heterocycles. The van der Waals surface area contributed by atoms with Gasteiger partial charge in [-0.15, -0.1) is 0 Å². The fraction of sp³-hybridized carbons (Fsp3) is 0.353. The molecule has 0 aliphatic carbocycles. The van der Waals surface area contributed by atoms with Gasteiger partial charge in [-0.2, -0.15) is 0 Å². The van der Waals surface area contributed by atoms with Gasteiger partial charge in [-0.25, -0.2) is 14.8 Å². The molecule has 0 radical (unpaired) electrons. The predicted molar refractivity (Wildman–Crippen MR) is 94.6 cm³/mol. The van der Waals surface area contributed by atoms with Crippen molar-refractivity contribution in [3.05, 3.63) is 36.4 Å². The molecule has 0 aliphatic rings. The summed E-state index contributed by atoms with van der Waals surface area (Å²) in [5.41, 5.74) is 1.17. The number of hydrogen-bond acceptors (Lipinski definition) is 6. The van der Waals surface area contributed by atoms with E-state index in [-0.39, 0.29) is 6.03 Å². The maximum atomic E-state index is 12.7. The van der Waals surface area contributed by atoms with Gasteiger partial charge in [-0.3, -0.25) is 4.90 Å². The molecule has 0 atom stereocenters.